The number of aryl methyl sites for hydroxylation is 2. The van der Waals surface area contributed by atoms with Crippen molar-refractivity contribution in [2.75, 3.05) is 17.6 Å². The van der Waals surface area contributed by atoms with Crippen LogP contribution in [0.15, 0.2) is 55.1 Å². The standard InChI is InChI=1S/C28H37N3O4S/c1-8-16-31(26(33)23(17-36)30-27(34)35-28(5,6)7)24(21-14-11-13-18(2)20(21)4)25(32)29-22-15-10-9-12-19(22)3/h8-15,23-24,36H,1,16-17H2,2-7H3,(H,29,32)(H,30,34). The van der Waals surface area contributed by atoms with Crippen molar-refractivity contribution in [3.63, 3.8) is 0 Å². The molecule has 36 heavy (non-hydrogen) atoms. The molecule has 0 saturated carbocycles. The van der Waals surface area contributed by atoms with Crippen LogP contribution in [0.5, 0.6) is 0 Å². The molecule has 0 aliphatic rings. The summed E-state index contributed by atoms with van der Waals surface area (Å²) in [5.74, 6) is -0.824. The molecule has 0 aromatic heterocycles. The fourth-order valence-corrected chi connectivity index (χ4v) is 3.98. The summed E-state index contributed by atoms with van der Waals surface area (Å²) in [6, 6.07) is 11.1. The molecule has 2 N–H and O–H groups in total. The molecule has 2 aromatic carbocycles. The van der Waals surface area contributed by atoms with E-state index in [2.05, 4.69) is 29.8 Å². The molecular formula is C28H37N3O4S. The normalized spacial score (nSPS) is 12.8. The second-order valence-electron chi connectivity index (χ2n) is 9.66. The number of anilines is 1. The van der Waals surface area contributed by atoms with E-state index in [1.807, 2.05) is 63.2 Å². The van der Waals surface area contributed by atoms with Crippen LogP contribution in [0, 0.1) is 20.8 Å². The Morgan fingerprint density at radius 1 is 1.06 bits per heavy atom. The van der Waals surface area contributed by atoms with Crippen LogP contribution < -0.4 is 10.6 Å². The second-order valence-corrected chi connectivity index (χ2v) is 10.0. The van der Waals surface area contributed by atoms with Crippen LogP contribution in [0.25, 0.3) is 0 Å². The maximum Gasteiger partial charge on any atom is 0.408 e. The van der Waals surface area contributed by atoms with Gasteiger partial charge in [0.25, 0.3) is 5.91 Å². The first-order chi connectivity index (χ1) is 16.9. The van der Waals surface area contributed by atoms with Gasteiger partial charge >= 0.3 is 6.09 Å². The van der Waals surface area contributed by atoms with Gasteiger partial charge in [-0.05, 0) is 69.9 Å². The number of carbonyl (C=O) groups excluding carboxylic acids is 3. The largest absolute Gasteiger partial charge is 0.444 e. The topological polar surface area (TPSA) is 87.7 Å². The Bertz CT molecular complexity index is 1110. The minimum Gasteiger partial charge on any atom is -0.444 e. The van der Waals surface area contributed by atoms with Gasteiger partial charge in [-0.25, -0.2) is 4.79 Å². The van der Waals surface area contributed by atoms with Crippen LogP contribution >= 0.6 is 12.6 Å². The molecule has 2 rings (SSSR count). The van der Waals surface area contributed by atoms with Gasteiger partial charge in [0.15, 0.2) is 0 Å². The summed E-state index contributed by atoms with van der Waals surface area (Å²) in [4.78, 5) is 41.4. The highest BCUT2D eigenvalue weighted by atomic mass is 32.1. The van der Waals surface area contributed by atoms with Crippen molar-refractivity contribution in [1.82, 2.24) is 10.2 Å². The van der Waals surface area contributed by atoms with Crippen molar-refractivity contribution < 1.29 is 19.1 Å². The first kappa shape index (κ1) is 29.0. The SMILES string of the molecule is C=CCN(C(=O)C(CS)NC(=O)OC(C)(C)C)C(C(=O)Nc1ccccc1C)c1cccc(C)c1C. The van der Waals surface area contributed by atoms with Crippen molar-refractivity contribution >= 4 is 36.2 Å². The Hall–Kier alpha value is -3.26. The zero-order valence-electron chi connectivity index (χ0n) is 21.9. The molecule has 8 heteroatoms. The van der Waals surface area contributed by atoms with Crippen LogP contribution in [-0.4, -0.2) is 46.7 Å². The highest BCUT2D eigenvalue weighted by Gasteiger charge is 2.36. The summed E-state index contributed by atoms with van der Waals surface area (Å²) < 4.78 is 5.33. The lowest BCUT2D eigenvalue weighted by Crippen LogP contribution is -2.53. The molecule has 0 fully saturated rings. The third kappa shape index (κ3) is 7.62. The molecule has 2 aromatic rings. The number of alkyl carbamates (subject to hydrolysis) is 1. The predicted molar refractivity (Wildman–Crippen MR) is 147 cm³/mol. The number of hydrogen-bond acceptors (Lipinski definition) is 5. The lowest BCUT2D eigenvalue weighted by atomic mass is 9.95. The molecule has 2 unspecified atom stereocenters. The Labute approximate surface area is 219 Å². The summed E-state index contributed by atoms with van der Waals surface area (Å²) in [6.45, 7) is 14.9. The molecule has 194 valence electrons. The molecule has 0 aliphatic carbocycles. The monoisotopic (exact) mass is 511 g/mol. The van der Waals surface area contributed by atoms with Crippen molar-refractivity contribution in [3.05, 3.63) is 77.4 Å². The summed E-state index contributed by atoms with van der Waals surface area (Å²) >= 11 is 4.30. The highest BCUT2D eigenvalue weighted by molar-refractivity contribution is 7.80. The van der Waals surface area contributed by atoms with Gasteiger partial charge in [0.05, 0.1) is 0 Å². The second kappa shape index (κ2) is 12.6. The first-order valence-corrected chi connectivity index (χ1v) is 12.5. The molecule has 3 amide bonds. The number of nitrogens with zero attached hydrogens (tertiary/aromatic N) is 1. The molecule has 0 aliphatic heterocycles. The van der Waals surface area contributed by atoms with E-state index in [1.165, 1.54) is 4.90 Å². The van der Waals surface area contributed by atoms with Crippen LogP contribution in [0.4, 0.5) is 10.5 Å². The summed E-state index contributed by atoms with van der Waals surface area (Å²) in [5.41, 5.74) is 3.39. The van der Waals surface area contributed by atoms with Gasteiger partial charge in [-0.3, -0.25) is 9.59 Å². The minimum absolute atomic E-state index is 0.0185. The summed E-state index contributed by atoms with van der Waals surface area (Å²) in [6.07, 6.45) is 0.821. The van der Waals surface area contributed by atoms with E-state index >= 15 is 0 Å². The molecule has 0 bridgehead atoms. The first-order valence-electron chi connectivity index (χ1n) is 11.8. The Kier molecular flexibility index (Phi) is 10.2. The Morgan fingerprint density at radius 2 is 1.69 bits per heavy atom. The van der Waals surface area contributed by atoms with Crippen molar-refractivity contribution in [2.24, 2.45) is 0 Å². The van der Waals surface area contributed by atoms with Crippen LogP contribution in [0.1, 0.15) is 49.1 Å². The molecule has 0 spiro atoms. The number of rotatable bonds is 9. The average molecular weight is 512 g/mol. The summed E-state index contributed by atoms with van der Waals surface area (Å²) in [7, 11) is 0. The molecular weight excluding hydrogens is 474 g/mol. The number of amides is 3. The van der Waals surface area contributed by atoms with Crippen molar-refractivity contribution in [1.29, 1.82) is 0 Å². The fraction of sp³-hybridized carbons (Fsp3) is 0.393. The lowest BCUT2D eigenvalue weighted by Gasteiger charge is -2.34. The molecule has 0 heterocycles. The highest BCUT2D eigenvalue weighted by Crippen LogP contribution is 2.29. The van der Waals surface area contributed by atoms with Crippen LogP contribution in [0.3, 0.4) is 0 Å². The van der Waals surface area contributed by atoms with Gasteiger partial charge in [0.1, 0.15) is 17.7 Å². The van der Waals surface area contributed by atoms with E-state index in [1.54, 1.807) is 26.8 Å². The number of carbonyl (C=O) groups is 3. The molecule has 0 radical (unpaired) electrons. The number of thiol groups is 1. The Balaban J connectivity index is 2.52. The van der Waals surface area contributed by atoms with Crippen molar-refractivity contribution in [3.8, 4) is 0 Å². The van der Waals surface area contributed by atoms with E-state index in [0.29, 0.717) is 11.3 Å². The minimum atomic E-state index is -1.01. The van der Waals surface area contributed by atoms with E-state index in [-0.39, 0.29) is 18.2 Å². The number of nitrogens with one attached hydrogen (secondary N) is 2. The zero-order chi connectivity index (χ0) is 27.0. The van der Waals surface area contributed by atoms with Gasteiger partial charge in [-0.15, -0.1) is 6.58 Å². The van der Waals surface area contributed by atoms with E-state index in [0.717, 1.165) is 16.7 Å². The Morgan fingerprint density at radius 3 is 2.28 bits per heavy atom. The number of para-hydroxylation sites is 1. The predicted octanol–water partition coefficient (Wildman–Crippen LogP) is 5.13. The number of hydrogen-bond donors (Lipinski definition) is 3. The molecule has 0 saturated heterocycles. The quantitative estimate of drug-likeness (QED) is 0.322. The van der Waals surface area contributed by atoms with Gasteiger partial charge < -0.3 is 20.3 Å². The zero-order valence-corrected chi connectivity index (χ0v) is 22.8. The van der Waals surface area contributed by atoms with Crippen LogP contribution in [-0.2, 0) is 14.3 Å². The van der Waals surface area contributed by atoms with Crippen LogP contribution in [0.2, 0.25) is 0 Å². The van der Waals surface area contributed by atoms with Gasteiger partial charge in [0.2, 0.25) is 5.91 Å². The van der Waals surface area contributed by atoms with Gasteiger partial charge in [-0.2, -0.15) is 12.6 Å². The number of ether oxygens (including phenoxy) is 1. The average Bonchev–Trinajstić information content (AvgIpc) is 2.79. The van der Waals surface area contributed by atoms with Crippen molar-refractivity contribution in [2.45, 2.75) is 59.2 Å². The third-order valence-electron chi connectivity index (χ3n) is 5.68. The smallest absolute Gasteiger partial charge is 0.408 e. The fourth-order valence-electron chi connectivity index (χ4n) is 3.73. The number of benzene rings is 2. The molecule has 2 atom stereocenters. The maximum atomic E-state index is 13.8. The van der Waals surface area contributed by atoms with E-state index in [9.17, 15) is 14.4 Å². The molecule has 7 nitrogen and oxygen atoms in total. The third-order valence-corrected chi connectivity index (χ3v) is 6.05. The summed E-state index contributed by atoms with van der Waals surface area (Å²) in [5, 5.41) is 5.58. The van der Waals surface area contributed by atoms with Gasteiger partial charge in [-0.1, -0.05) is 42.5 Å². The van der Waals surface area contributed by atoms with E-state index in [4.69, 9.17) is 4.74 Å². The maximum absolute atomic E-state index is 13.8. The lowest BCUT2D eigenvalue weighted by molar-refractivity contribution is -0.139. The van der Waals surface area contributed by atoms with E-state index < -0.39 is 29.7 Å². The van der Waals surface area contributed by atoms with Gasteiger partial charge in [0, 0.05) is 18.0 Å².